The second-order valence-electron chi connectivity index (χ2n) is 6.73. The van der Waals surface area contributed by atoms with Crippen molar-refractivity contribution in [3.63, 3.8) is 0 Å². The molecule has 2 N–H and O–H groups in total. The monoisotopic (exact) mass is 418 g/mol. The molecule has 1 amide bonds. The van der Waals surface area contributed by atoms with Crippen molar-refractivity contribution in [1.29, 1.82) is 0 Å². The van der Waals surface area contributed by atoms with E-state index in [4.69, 9.17) is 9.47 Å². The van der Waals surface area contributed by atoms with Gasteiger partial charge >= 0.3 is 6.18 Å². The predicted molar refractivity (Wildman–Crippen MR) is 100 cm³/mol. The summed E-state index contributed by atoms with van der Waals surface area (Å²) in [4.78, 5) is 12.0. The van der Waals surface area contributed by atoms with Crippen LogP contribution < -0.4 is 14.8 Å². The zero-order chi connectivity index (χ0) is 21.3. The molecule has 1 aliphatic rings. The fourth-order valence-electron chi connectivity index (χ4n) is 3.42. The number of nitrogens with one attached hydrogen (secondary N) is 2. The molecular formula is C20H17F3N4O3. The fourth-order valence-corrected chi connectivity index (χ4v) is 3.42. The molecule has 3 aromatic rings. The number of benzene rings is 2. The van der Waals surface area contributed by atoms with Gasteiger partial charge in [-0.2, -0.15) is 13.2 Å². The maximum Gasteiger partial charge on any atom is 0.416 e. The van der Waals surface area contributed by atoms with E-state index in [9.17, 15) is 18.0 Å². The van der Waals surface area contributed by atoms with E-state index in [0.717, 1.165) is 11.6 Å². The highest BCUT2D eigenvalue weighted by molar-refractivity contribution is 5.93. The number of anilines is 1. The van der Waals surface area contributed by atoms with E-state index in [2.05, 4.69) is 20.7 Å². The van der Waals surface area contributed by atoms with Crippen molar-refractivity contribution in [2.45, 2.75) is 25.1 Å². The molecule has 0 saturated heterocycles. The number of amides is 1. The van der Waals surface area contributed by atoms with Gasteiger partial charge in [0.05, 0.1) is 12.7 Å². The summed E-state index contributed by atoms with van der Waals surface area (Å²) >= 11 is 0. The highest BCUT2D eigenvalue weighted by Gasteiger charge is 2.33. The minimum Gasteiger partial charge on any atom is -0.493 e. The van der Waals surface area contributed by atoms with Crippen molar-refractivity contribution >= 4 is 11.7 Å². The Labute approximate surface area is 169 Å². The van der Waals surface area contributed by atoms with Gasteiger partial charge in [-0.1, -0.05) is 29.5 Å². The summed E-state index contributed by atoms with van der Waals surface area (Å²) in [5.41, 5.74) is 0.629. The topological polar surface area (TPSA) is 89.1 Å². The van der Waals surface area contributed by atoms with Gasteiger partial charge in [0.25, 0.3) is 0 Å². The van der Waals surface area contributed by atoms with Gasteiger partial charge in [-0.25, -0.2) is 5.10 Å². The molecule has 156 valence electrons. The molecule has 2 heterocycles. The normalized spacial score (nSPS) is 16.0. The SMILES string of the molecule is COc1cc(C2CC(=O)Nc3[nH]nnc32)ccc1OCc1ccccc1C(F)(F)F. The zero-order valence-corrected chi connectivity index (χ0v) is 15.8. The number of aromatic nitrogens is 3. The second-order valence-corrected chi connectivity index (χ2v) is 6.73. The molecular weight excluding hydrogens is 401 g/mol. The minimum atomic E-state index is -4.47. The summed E-state index contributed by atoms with van der Waals surface area (Å²) in [6, 6.07) is 10.3. The van der Waals surface area contributed by atoms with Crippen LogP contribution in [0.4, 0.5) is 19.0 Å². The van der Waals surface area contributed by atoms with Crippen LogP contribution >= 0.6 is 0 Å². The minimum absolute atomic E-state index is 0.0207. The Bertz CT molecular complexity index is 1080. The van der Waals surface area contributed by atoms with Crippen LogP contribution in [0.1, 0.15) is 34.7 Å². The van der Waals surface area contributed by atoms with Gasteiger partial charge < -0.3 is 14.8 Å². The average molecular weight is 418 g/mol. The van der Waals surface area contributed by atoms with Crippen LogP contribution in [0.15, 0.2) is 42.5 Å². The van der Waals surface area contributed by atoms with Crippen LogP contribution in [0.25, 0.3) is 0 Å². The summed E-state index contributed by atoms with van der Waals surface area (Å²) in [5.74, 6) is 0.564. The molecule has 1 aromatic heterocycles. The van der Waals surface area contributed by atoms with Gasteiger partial charge in [0.1, 0.15) is 12.3 Å². The molecule has 0 bridgehead atoms. The lowest BCUT2D eigenvalue weighted by Crippen LogP contribution is -2.23. The van der Waals surface area contributed by atoms with E-state index >= 15 is 0 Å². The fraction of sp³-hybridized carbons (Fsp3) is 0.250. The Balaban J connectivity index is 1.59. The molecule has 0 saturated carbocycles. The van der Waals surface area contributed by atoms with Crippen LogP contribution in [0.3, 0.4) is 0 Å². The van der Waals surface area contributed by atoms with Gasteiger partial charge in [-0.05, 0) is 23.8 Å². The quantitative estimate of drug-likeness (QED) is 0.656. The van der Waals surface area contributed by atoms with E-state index < -0.39 is 11.7 Å². The lowest BCUT2D eigenvalue weighted by molar-refractivity contribution is -0.138. The first-order valence-electron chi connectivity index (χ1n) is 9.03. The number of rotatable bonds is 5. The lowest BCUT2D eigenvalue weighted by Gasteiger charge is -2.22. The number of carbonyl (C=O) groups excluding carboxylic acids is 1. The molecule has 10 heteroatoms. The summed E-state index contributed by atoms with van der Waals surface area (Å²) in [5, 5.41) is 13.1. The molecule has 30 heavy (non-hydrogen) atoms. The molecule has 1 aliphatic heterocycles. The number of nitrogens with zero attached hydrogens (tertiary/aromatic N) is 2. The van der Waals surface area contributed by atoms with E-state index in [-0.39, 0.29) is 30.4 Å². The Kier molecular flexibility index (Phi) is 5.06. The third-order valence-corrected chi connectivity index (χ3v) is 4.86. The molecule has 0 aliphatic carbocycles. The lowest BCUT2D eigenvalue weighted by atomic mass is 9.89. The molecule has 7 nitrogen and oxygen atoms in total. The summed E-state index contributed by atoms with van der Waals surface area (Å²) < 4.78 is 50.5. The first-order chi connectivity index (χ1) is 14.4. The Morgan fingerprint density at radius 1 is 1.17 bits per heavy atom. The van der Waals surface area contributed by atoms with Crippen molar-refractivity contribution in [3.8, 4) is 11.5 Å². The highest BCUT2D eigenvalue weighted by Crippen LogP contribution is 2.39. The molecule has 1 atom stereocenters. The third kappa shape index (κ3) is 3.80. The molecule has 0 fully saturated rings. The van der Waals surface area contributed by atoms with Gasteiger partial charge in [0, 0.05) is 17.9 Å². The first-order valence-corrected chi connectivity index (χ1v) is 9.03. The van der Waals surface area contributed by atoms with Crippen LogP contribution in [-0.4, -0.2) is 28.4 Å². The summed E-state index contributed by atoms with van der Waals surface area (Å²) in [6.45, 7) is -0.273. The number of carbonyl (C=O) groups is 1. The van der Waals surface area contributed by atoms with E-state index in [1.54, 1.807) is 18.2 Å². The number of halogens is 3. The van der Waals surface area contributed by atoms with Crippen LogP contribution in [-0.2, 0) is 17.6 Å². The number of hydrogen-bond acceptors (Lipinski definition) is 5. The Hall–Kier alpha value is -3.56. The highest BCUT2D eigenvalue weighted by atomic mass is 19.4. The van der Waals surface area contributed by atoms with Crippen molar-refractivity contribution in [2.24, 2.45) is 0 Å². The smallest absolute Gasteiger partial charge is 0.416 e. The molecule has 0 spiro atoms. The molecule has 0 radical (unpaired) electrons. The largest absolute Gasteiger partial charge is 0.493 e. The second kappa shape index (κ2) is 7.69. The predicted octanol–water partition coefficient (Wildman–Crippen LogP) is 3.89. The number of alkyl halides is 3. The van der Waals surface area contributed by atoms with Crippen LogP contribution in [0, 0.1) is 0 Å². The van der Waals surface area contributed by atoms with Crippen LogP contribution in [0.5, 0.6) is 11.5 Å². The van der Waals surface area contributed by atoms with Gasteiger partial charge in [-0.3, -0.25) is 4.79 Å². The van der Waals surface area contributed by atoms with E-state index in [0.29, 0.717) is 23.0 Å². The van der Waals surface area contributed by atoms with Crippen molar-refractivity contribution in [3.05, 3.63) is 64.8 Å². The number of aromatic amines is 1. The molecule has 4 rings (SSSR count). The zero-order valence-electron chi connectivity index (χ0n) is 15.8. The van der Waals surface area contributed by atoms with E-state index in [1.165, 1.54) is 25.3 Å². The standard InChI is InChI=1S/C20H17F3N4O3/c1-29-16-8-11(13-9-17(28)24-19-18(13)25-27-26-19)6-7-15(16)30-10-12-4-2-3-5-14(12)20(21,22)23/h2-8,13H,9-10H2,1H3,(H2,24,25,26,27,28). The molecule has 2 aromatic carbocycles. The van der Waals surface area contributed by atoms with Gasteiger partial charge in [0.15, 0.2) is 17.3 Å². The van der Waals surface area contributed by atoms with Crippen LogP contribution in [0.2, 0.25) is 0 Å². The number of ether oxygens (including phenoxy) is 2. The Morgan fingerprint density at radius 3 is 2.73 bits per heavy atom. The van der Waals surface area contributed by atoms with Crippen molar-refractivity contribution in [2.75, 3.05) is 12.4 Å². The van der Waals surface area contributed by atoms with Gasteiger partial charge in [-0.15, -0.1) is 5.10 Å². The Morgan fingerprint density at radius 2 is 1.97 bits per heavy atom. The molecule has 1 unspecified atom stereocenters. The third-order valence-electron chi connectivity index (χ3n) is 4.86. The van der Waals surface area contributed by atoms with Crippen molar-refractivity contribution < 1.29 is 27.4 Å². The average Bonchev–Trinajstić information content (AvgIpc) is 3.19. The maximum absolute atomic E-state index is 13.2. The number of H-pyrrole nitrogens is 1. The van der Waals surface area contributed by atoms with E-state index in [1.807, 2.05) is 0 Å². The summed E-state index contributed by atoms with van der Waals surface area (Å²) in [6.07, 6.45) is -4.29. The first kappa shape index (κ1) is 19.7. The number of fused-ring (bicyclic) bond motifs is 1. The van der Waals surface area contributed by atoms with Crippen molar-refractivity contribution in [1.82, 2.24) is 15.4 Å². The summed E-state index contributed by atoms with van der Waals surface area (Å²) in [7, 11) is 1.44. The number of hydrogen-bond donors (Lipinski definition) is 2. The van der Waals surface area contributed by atoms with Gasteiger partial charge in [0.2, 0.25) is 5.91 Å². The number of methoxy groups -OCH3 is 1. The maximum atomic E-state index is 13.2.